The zero-order valence-electron chi connectivity index (χ0n) is 19.8. The zero-order chi connectivity index (χ0) is 20.6. The third kappa shape index (κ3) is 10.6. The lowest BCUT2D eigenvalue weighted by Gasteiger charge is -2.28. The molecule has 0 saturated carbocycles. The smallest absolute Gasteiger partial charge is 0.0239 e. The normalized spacial score (nSPS) is 12.8. The van der Waals surface area contributed by atoms with Gasteiger partial charge in [0.2, 0.25) is 0 Å². The van der Waals surface area contributed by atoms with Gasteiger partial charge in [-0.3, -0.25) is 4.90 Å². The van der Waals surface area contributed by atoms with E-state index in [9.17, 15) is 0 Å². The molecule has 1 unspecified atom stereocenters. The highest BCUT2D eigenvalue weighted by Gasteiger charge is 2.15. The number of unbranched alkanes of at least 4 members (excludes halogenated alkanes) is 6. The highest BCUT2D eigenvalue weighted by molar-refractivity contribution is 5.27. The van der Waals surface area contributed by atoms with Gasteiger partial charge >= 0.3 is 0 Å². The Balaban J connectivity index is 2.66. The van der Waals surface area contributed by atoms with Gasteiger partial charge in [-0.15, -0.1) is 0 Å². The summed E-state index contributed by atoms with van der Waals surface area (Å²) < 4.78 is 0. The standard InChI is InChI=1S/C27H49N/c1-6-9-11-12-13-16-21-28(24(4)5)23-27-20-15-14-19-26(27)22-25(17-8-3)18-10-7-2/h14-15,19-20,24-25H,6-13,16-18,21-23H2,1-5H3. The maximum absolute atomic E-state index is 2.69. The van der Waals surface area contributed by atoms with Crippen LogP contribution in [-0.2, 0) is 13.0 Å². The van der Waals surface area contributed by atoms with Crippen molar-refractivity contribution in [2.45, 2.75) is 124 Å². The molecule has 0 fully saturated rings. The fourth-order valence-corrected chi connectivity index (χ4v) is 4.31. The first kappa shape index (κ1) is 25.2. The topological polar surface area (TPSA) is 3.24 Å². The second kappa shape index (κ2) is 16.0. The Bertz CT molecular complexity index is 479. The van der Waals surface area contributed by atoms with Crippen LogP contribution in [0.1, 0.15) is 116 Å². The zero-order valence-corrected chi connectivity index (χ0v) is 19.8. The van der Waals surface area contributed by atoms with Crippen molar-refractivity contribution in [1.29, 1.82) is 0 Å². The van der Waals surface area contributed by atoms with Gasteiger partial charge in [0.1, 0.15) is 0 Å². The Kier molecular flexibility index (Phi) is 14.4. The highest BCUT2D eigenvalue weighted by Crippen LogP contribution is 2.24. The van der Waals surface area contributed by atoms with Crippen molar-refractivity contribution >= 4 is 0 Å². The molecule has 1 nitrogen and oxygen atoms in total. The molecule has 0 spiro atoms. The van der Waals surface area contributed by atoms with E-state index in [0.717, 1.165) is 12.5 Å². The Hall–Kier alpha value is -0.820. The molecule has 1 aromatic carbocycles. The van der Waals surface area contributed by atoms with Crippen LogP contribution in [0.4, 0.5) is 0 Å². The fourth-order valence-electron chi connectivity index (χ4n) is 4.31. The molecule has 1 atom stereocenters. The number of hydrogen-bond acceptors (Lipinski definition) is 1. The van der Waals surface area contributed by atoms with Crippen LogP contribution in [0.2, 0.25) is 0 Å². The molecule has 0 bridgehead atoms. The predicted octanol–water partition coefficient (Wildman–Crippen LogP) is 8.41. The summed E-state index contributed by atoms with van der Waals surface area (Å²) in [6.45, 7) is 14.0. The van der Waals surface area contributed by atoms with Crippen LogP contribution in [0.15, 0.2) is 24.3 Å². The van der Waals surface area contributed by atoms with E-state index < -0.39 is 0 Å². The predicted molar refractivity (Wildman–Crippen MR) is 127 cm³/mol. The molecule has 1 heteroatoms. The van der Waals surface area contributed by atoms with Crippen molar-refractivity contribution in [1.82, 2.24) is 4.90 Å². The van der Waals surface area contributed by atoms with Gasteiger partial charge in [0.05, 0.1) is 0 Å². The molecule has 162 valence electrons. The van der Waals surface area contributed by atoms with Gasteiger partial charge in [-0.05, 0) is 50.3 Å². The molecule has 0 N–H and O–H groups in total. The van der Waals surface area contributed by atoms with Crippen LogP contribution in [0, 0.1) is 5.92 Å². The minimum atomic E-state index is 0.621. The molecule has 0 saturated heterocycles. The average Bonchev–Trinajstić information content (AvgIpc) is 2.69. The maximum Gasteiger partial charge on any atom is 0.0239 e. The summed E-state index contributed by atoms with van der Waals surface area (Å²) in [4.78, 5) is 2.69. The molecule has 1 rings (SSSR count). The van der Waals surface area contributed by atoms with Crippen molar-refractivity contribution in [3.63, 3.8) is 0 Å². The Labute approximate surface area is 177 Å². The molecule has 0 aliphatic carbocycles. The van der Waals surface area contributed by atoms with E-state index in [-0.39, 0.29) is 0 Å². The minimum absolute atomic E-state index is 0.621. The van der Waals surface area contributed by atoms with E-state index in [0.29, 0.717) is 6.04 Å². The Morgan fingerprint density at radius 1 is 0.714 bits per heavy atom. The minimum Gasteiger partial charge on any atom is -0.297 e. The summed E-state index contributed by atoms with van der Waals surface area (Å²) in [5.74, 6) is 0.858. The second-order valence-corrected chi connectivity index (χ2v) is 9.10. The number of rotatable bonds is 17. The lowest BCUT2D eigenvalue weighted by atomic mass is 9.88. The maximum atomic E-state index is 2.69. The molecule has 1 aromatic rings. The SMILES string of the molecule is CCCCCCCCN(Cc1ccccc1CC(CCC)CCCC)C(C)C. The second-order valence-electron chi connectivity index (χ2n) is 9.10. The highest BCUT2D eigenvalue weighted by atomic mass is 15.1. The third-order valence-electron chi connectivity index (χ3n) is 6.19. The van der Waals surface area contributed by atoms with Gasteiger partial charge in [-0.25, -0.2) is 0 Å². The molecule has 0 aromatic heterocycles. The molecule has 0 heterocycles. The average molecular weight is 388 g/mol. The van der Waals surface area contributed by atoms with Crippen molar-refractivity contribution in [3.8, 4) is 0 Å². The van der Waals surface area contributed by atoms with Gasteiger partial charge in [0.25, 0.3) is 0 Å². The quantitative estimate of drug-likeness (QED) is 0.242. The van der Waals surface area contributed by atoms with Gasteiger partial charge < -0.3 is 0 Å². The molecule has 0 aliphatic rings. The lowest BCUT2D eigenvalue weighted by molar-refractivity contribution is 0.207. The van der Waals surface area contributed by atoms with Crippen molar-refractivity contribution in [3.05, 3.63) is 35.4 Å². The van der Waals surface area contributed by atoms with E-state index in [1.54, 1.807) is 11.1 Å². The summed E-state index contributed by atoms with van der Waals surface area (Å²) in [6, 6.07) is 9.88. The number of benzene rings is 1. The van der Waals surface area contributed by atoms with Gasteiger partial charge in [-0.1, -0.05) is 109 Å². The van der Waals surface area contributed by atoms with E-state index in [4.69, 9.17) is 0 Å². The van der Waals surface area contributed by atoms with Crippen LogP contribution in [-0.4, -0.2) is 17.5 Å². The van der Waals surface area contributed by atoms with Gasteiger partial charge in [0, 0.05) is 12.6 Å². The number of nitrogens with zero attached hydrogens (tertiary/aromatic N) is 1. The summed E-state index contributed by atoms with van der Waals surface area (Å²) >= 11 is 0. The summed E-state index contributed by atoms with van der Waals surface area (Å²) in [7, 11) is 0. The summed E-state index contributed by atoms with van der Waals surface area (Å²) in [6.07, 6.45) is 16.3. The van der Waals surface area contributed by atoms with Crippen LogP contribution in [0.3, 0.4) is 0 Å². The lowest BCUT2D eigenvalue weighted by Crippen LogP contribution is -2.31. The van der Waals surface area contributed by atoms with E-state index in [1.807, 2.05) is 0 Å². The first-order chi connectivity index (χ1) is 13.6. The van der Waals surface area contributed by atoms with Crippen LogP contribution < -0.4 is 0 Å². The van der Waals surface area contributed by atoms with Crippen molar-refractivity contribution < 1.29 is 0 Å². The van der Waals surface area contributed by atoms with Crippen LogP contribution >= 0.6 is 0 Å². The molecule has 0 amide bonds. The first-order valence-electron chi connectivity index (χ1n) is 12.4. The fraction of sp³-hybridized carbons (Fsp3) is 0.778. The number of hydrogen-bond donors (Lipinski definition) is 0. The molecular weight excluding hydrogens is 338 g/mol. The summed E-state index contributed by atoms with van der Waals surface area (Å²) in [5, 5.41) is 0. The first-order valence-corrected chi connectivity index (χ1v) is 12.4. The molecule has 0 aliphatic heterocycles. The summed E-state index contributed by atoms with van der Waals surface area (Å²) in [5.41, 5.74) is 3.17. The Morgan fingerprint density at radius 3 is 2.00 bits per heavy atom. The van der Waals surface area contributed by atoms with E-state index in [2.05, 4.69) is 63.8 Å². The monoisotopic (exact) mass is 387 g/mol. The van der Waals surface area contributed by atoms with Crippen molar-refractivity contribution in [2.75, 3.05) is 6.54 Å². The van der Waals surface area contributed by atoms with Crippen molar-refractivity contribution in [2.24, 2.45) is 5.92 Å². The largest absolute Gasteiger partial charge is 0.297 e. The molecular formula is C27H49N. The van der Waals surface area contributed by atoms with Crippen LogP contribution in [0.5, 0.6) is 0 Å². The molecule has 28 heavy (non-hydrogen) atoms. The van der Waals surface area contributed by atoms with Crippen LogP contribution in [0.25, 0.3) is 0 Å². The van der Waals surface area contributed by atoms with E-state index in [1.165, 1.54) is 83.6 Å². The van der Waals surface area contributed by atoms with Gasteiger partial charge in [-0.2, -0.15) is 0 Å². The van der Waals surface area contributed by atoms with Gasteiger partial charge in [0.15, 0.2) is 0 Å². The molecule has 0 radical (unpaired) electrons. The van der Waals surface area contributed by atoms with E-state index >= 15 is 0 Å². The Morgan fingerprint density at radius 2 is 1.36 bits per heavy atom. The third-order valence-corrected chi connectivity index (χ3v) is 6.19.